The van der Waals surface area contributed by atoms with E-state index in [0.29, 0.717) is 66.1 Å². The first-order valence-electron chi connectivity index (χ1n) is 25.0. The fourth-order valence-corrected chi connectivity index (χ4v) is 7.84. The second-order valence-electron chi connectivity index (χ2n) is 21.1. The number of allylic oxidation sites excluding steroid dienone is 1. The number of aliphatic hydroxyl groups is 2. The fraction of sp³-hybridized carbons (Fsp3) is 0.880. The molecule has 0 spiro atoms. The molecule has 0 radical (unpaired) electrons. The van der Waals surface area contributed by atoms with Crippen molar-refractivity contribution in [3.05, 3.63) is 12.3 Å². The third-order valence-corrected chi connectivity index (χ3v) is 11.6. The van der Waals surface area contributed by atoms with E-state index in [4.69, 9.17) is 10.2 Å². The second kappa shape index (κ2) is 34.7. The van der Waals surface area contributed by atoms with Gasteiger partial charge >= 0.3 is 5.97 Å². The molecule has 2 aliphatic carbocycles. The van der Waals surface area contributed by atoms with Crippen molar-refractivity contribution in [1.82, 2.24) is 42.1 Å². The zero-order valence-corrected chi connectivity index (χ0v) is 43.4. The van der Waals surface area contributed by atoms with Crippen LogP contribution in [0.4, 0.5) is 0 Å². The number of Topliss-reactive ketones (excluding diaryl/α,β-unsaturated/α-hetero) is 2. The Balaban J connectivity index is 0.000000757. The van der Waals surface area contributed by atoms with Crippen LogP contribution in [0.3, 0.4) is 0 Å². The molecular weight excluding hydrogens is 825 g/mol. The molecule has 3 heterocycles. The summed E-state index contributed by atoms with van der Waals surface area (Å²) < 4.78 is 0. The summed E-state index contributed by atoms with van der Waals surface area (Å²) >= 11 is 0. The van der Waals surface area contributed by atoms with E-state index in [2.05, 4.69) is 125 Å². The van der Waals surface area contributed by atoms with E-state index in [9.17, 15) is 24.3 Å². The summed E-state index contributed by atoms with van der Waals surface area (Å²) in [7, 11) is 0. The highest BCUT2D eigenvalue weighted by atomic mass is 16.4. The maximum absolute atomic E-state index is 10.9. The lowest BCUT2D eigenvalue weighted by Crippen LogP contribution is -2.47. The summed E-state index contributed by atoms with van der Waals surface area (Å²) in [5, 5.41) is 48.6. The Morgan fingerprint density at radius 2 is 1.12 bits per heavy atom. The zero-order chi connectivity index (χ0) is 49.7. The molecular formula is C50H100N8O7. The maximum atomic E-state index is 10.9. The fourth-order valence-electron chi connectivity index (χ4n) is 7.84. The van der Waals surface area contributed by atoms with E-state index >= 15 is 0 Å². The summed E-state index contributed by atoms with van der Waals surface area (Å²) in [4.78, 5) is 45.2. The predicted octanol–water partition coefficient (Wildman–Crippen LogP) is 4.89. The molecule has 0 bridgehead atoms. The molecule has 382 valence electrons. The van der Waals surface area contributed by atoms with Crippen LogP contribution in [-0.4, -0.2) is 150 Å². The number of hydrogen-bond donors (Lipinski definition) is 10. The minimum absolute atomic E-state index is 0.0476. The van der Waals surface area contributed by atoms with Crippen molar-refractivity contribution in [3.8, 4) is 0 Å². The Bertz CT molecular complexity index is 1220. The van der Waals surface area contributed by atoms with Gasteiger partial charge in [0, 0.05) is 112 Å². The molecule has 1 amide bonds. The van der Waals surface area contributed by atoms with Crippen molar-refractivity contribution in [1.29, 1.82) is 0 Å². The van der Waals surface area contributed by atoms with Gasteiger partial charge < -0.3 is 52.5 Å². The van der Waals surface area contributed by atoms with Crippen LogP contribution in [0, 0.1) is 11.8 Å². The van der Waals surface area contributed by atoms with Crippen molar-refractivity contribution < 1.29 is 34.5 Å². The van der Waals surface area contributed by atoms with Crippen LogP contribution >= 0.6 is 0 Å². The van der Waals surface area contributed by atoms with Crippen molar-refractivity contribution in [2.45, 2.75) is 227 Å². The minimum atomic E-state index is -1.02. The van der Waals surface area contributed by atoms with Crippen LogP contribution in [0.2, 0.25) is 0 Å². The number of carbonyl (C=O) groups is 4. The van der Waals surface area contributed by atoms with E-state index in [0.717, 1.165) is 103 Å². The Morgan fingerprint density at radius 1 is 0.677 bits per heavy atom. The number of aliphatic carboxylic acids is 1. The first-order valence-corrected chi connectivity index (χ1v) is 25.0. The van der Waals surface area contributed by atoms with E-state index in [1.165, 1.54) is 12.1 Å². The SMILES string of the molecule is C=C1CC[C@H](NC(C)C)CN1.CC(C)(C)N1CCC(O)CC1.CC(C)NC[C@@H]1CCC(=O)C1.CC(C)NC[C@H]1CCC(=O)C1.CC(C)N[C@@H](CO)C(=O)O.CC(C)N[C@@H]1CCC(=O)NC1. The molecule has 0 unspecified atom stereocenters. The first kappa shape index (κ1) is 62.5. The predicted molar refractivity (Wildman–Crippen MR) is 267 cm³/mol. The van der Waals surface area contributed by atoms with Gasteiger partial charge in [0.1, 0.15) is 17.6 Å². The Hall–Kier alpha value is -2.50. The average molecular weight is 925 g/mol. The molecule has 10 N–H and O–H groups in total. The lowest BCUT2D eigenvalue weighted by atomic mass is 10.00. The molecule has 5 aliphatic rings. The van der Waals surface area contributed by atoms with E-state index in [1.807, 2.05) is 13.8 Å². The van der Waals surface area contributed by atoms with Crippen molar-refractivity contribution in [2.24, 2.45) is 11.8 Å². The van der Waals surface area contributed by atoms with Crippen molar-refractivity contribution >= 4 is 23.4 Å². The highest BCUT2D eigenvalue weighted by molar-refractivity contribution is 5.81. The van der Waals surface area contributed by atoms with Crippen LogP contribution in [0.15, 0.2) is 12.3 Å². The summed E-state index contributed by atoms with van der Waals surface area (Å²) in [5.41, 5.74) is 1.46. The average Bonchev–Trinajstić information content (AvgIpc) is 3.84. The Morgan fingerprint density at radius 3 is 1.40 bits per heavy atom. The number of rotatable bonds is 14. The van der Waals surface area contributed by atoms with E-state index in [1.54, 1.807) is 0 Å². The van der Waals surface area contributed by atoms with Gasteiger partial charge in [0.25, 0.3) is 0 Å². The van der Waals surface area contributed by atoms with Crippen LogP contribution in [0.1, 0.15) is 167 Å². The molecule has 15 heteroatoms. The number of likely N-dealkylation sites (tertiary alicyclic amines) is 1. The standard InChI is InChI=1S/C9H18N2.C9H19NO.2C9H17NO.C8H16N2O.C6H13NO3/c1-7(2)11-9-5-4-8(3)10-6-9;1-9(2,3)10-6-4-8(11)5-7-10;2*1-7(2)10-6-8-3-4-9(11)5-8;1-6(2)10-7-3-4-8(11)9-5-7;1-4(2)7-5(3-8)6(9)10/h7,9-11H,3-6H2,1-2H3;8,11H,4-7H2,1-3H3;2*7-8,10H,3-6H2,1-2H3;6-7,10H,3-5H2,1-2H3,(H,9,11);4-5,7-8H,3H2,1-2H3,(H,9,10)/t9-;;2*8-;7-;5-/m0.1010/s1. The number of carboxylic acid groups (broad SMARTS) is 1. The van der Waals surface area contributed by atoms with Gasteiger partial charge in [0.15, 0.2) is 0 Å². The van der Waals surface area contributed by atoms with Crippen LogP contribution in [0.5, 0.6) is 0 Å². The summed E-state index contributed by atoms with van der Waals surface area (Å²) in [6, 6.07) is 2.56. The summed E-state index contributed by atoms with van der Waals surface area (Å²) in [6.45, 7) is 37.0. The second-order valence-corrected chi connectivity index (χ2v) is 21.1. The van der Waals surface area contributed by atoms with Crippen LogP contribution in [0.25, 0.3) is 0 Å². The Labute approximate surface area is 396 Å². The van der Waals surface area contributed by atoms with Gasteiger partial charge in [-0.15, -0.1) is 0 Å². The third-order valence-electron chi connectivity index (χ3n) is 11.6. The van der Waals surface area contributed by atoms with Gasteiger partial charge in [0.2, 0.25) is 5.91 Å². The van der Waals surface area contributed by atoms with E-state index < -0.39 is 12.0 Å². The summed E-state index contributed by atoms with van der Waals surface area (Å²) in [6.07, 6.45) is 11.2. The zero-order valence-electron chi connectivity index (χ0n) is 43.4. The van der Waals surface area contributed by atoms with Crippen molar-refractivity contribution in [2.75, 3.05) is 45.9 Å². The molecule has 0 aromatic carbocycles. The number of nitrogens with one attached hydrogen (secondary N) is 7. The molecule has 3 saturated heterocycles. The number of carbonyl (C=O) groups excluding carboxylic acids is 3. The molecule has 15 nitrogen and oxygen atoms in total. The molecule has 5 rings (SSSR count). The molecule has 5 atom stereocenters. The first-order chi connectivity index (χ1) is 30.3. The number of piperidine rings is 3. The lowest BCUT2D eigenvalue weighted by molar-refractivity contribution is -0.140. The number of carboxylic acids is 1. The Kier molecular flexibility index (Phi) is 33.4. The smallest absolute Gasteiger partial charge is 0.323 e. The third kappa shape index (κ3) is 34.4. The van der Waals surface area contributed by atoms with Crippen LogP contribution < -0.4 is 37.2 Å². The lowest BCUT2D eigenvalue weighted by Gasteiger charge is -2.39. The summed E-state index contributed by atoms with van der Waals surface area (Å²) in [5.74, 6) is 1.29. The van der Waals surface area contributed by atoms with Gasteiger partial charge in [-0.25, -0.2) is 0 Å². The quantitative estimate of drug-likeness (QED) is 0.112. The number of hydrogen-bond acceptors (Lipinski definition) is 13. The molecule has 3 aliphatic heterocycles. The number of nitrogens with zero attached hydrogens (tertiary/aromatic N) is 1. The highest BCUT2D eigenvalue weighted by Crippen LogP contribution is 2.22. The molecule has 0 aromatic heterocycles. The topological polar surface area (TPSA) is 216 Å². The van der Waals surface area contributed by atoms with Gasteiger partial charge in [-0.1, -0.05) is 75.8 Å². The molecule has 65 heavy (non-hydrogen) atoms. The highest BCUT2D eigenvalue weighted by Gasteiger charge is 2.26. The molecule has 5 fully saturated rings. The van der Waals surface area contributed by atoms with Gasteiger partial charge in [-0.2, -0.15) is 0 Å². The normalized spacial score (nSPS) is 23.2. The van der Waals surface area contributed by atoms with Crippen molar-refractivity contribution in [3.63, 3.8) is 0 Å². The minimum Gasteiger partial charge on any atom is -0.480 e. The maximum Gasteiger partial charge on any atom is 0.323 e. The van der Waals surface area contributed by atoms with Gasteiger partial charge in [-0.3, -0.25) is 24.1 Å². The van der Waals surface area contributed by atoms with Gasteiger partial charge in [-0.05, 0) is 90.6 Å². The molecule has 2 saturated carbocycles. The van der Waals surface area contributed by atoms with E-state index in [-0.39, 0.29) is 30.2 Å². The van der Waals surface area contributed by atoms with Gasteiger partial charge in [0.05, 0.1) is 12.7 Å². The largest absolute Gasteiger partial charge is 0.480 e. The number of amides is 1. The monoisotopic (exact) mass is 925 g/mol. The number of aliphatic hydroxyl groups excluding tert-OH is 2. The molecule has 0 aromatic rings. The van der Waals surface area contributed by atoms with Crippen LogP contribution in [-0.2, 0) is 19.2 Å². The number of ketones is 2.